The standard InChI is InChI=1S/C23H21BrN4O2/c1-14-5-7-15(8-6-14)23-27-26-20(30-23)9-10-21(29)28-12-11-19-17(13-28)16-3-2-4-18(24)22(16)25-19/h2-8,25H,9-13H2,1H3. The Hall–Kier alpha value is -2.93. The Labute approximate surface area is 182 Å². The molecule has 1 amide bonds. The Morgan fingerprint density at radius 2 is 2.03 bits per heavy atom. The second-order valence-corrected chi connectivity index (χ2v) is 8.53. The first-order chi connectivity index (χ1) is 14.6. The van der Waals surface area contributed by atoms with Gasteiger partial charge in [0.25, 0.3) is 0 Å². The maximum absolute atomic E-state index is 12.8. The number of benzene rings is 2. The number of nitrogens with zero attached hydrogens (tertiary/aromatic N) is 3. The van der Waals surface area contributed by atoms with Crippen LogP contribution in [0.2, 0.25) is 0 Å². The van der Waals surface area contributed by atoms with Crippen LogP contribution in [0.1, 0.15) is 29.1 Å². The molecule has 1 N–H and O–H groups in total. The highest BCUT2D eigenvalue weighted by atomic mass is 79.9. The number of aromatic amines is 1. The normalized spacial score (nSPS) is 13.6. The number of H-pyrrole nitrogens is 1. The first kappa shape index (κ1) is 19.1. The Morgan fingerprint density at radius 3 is 2.87 bits per heavy atom. The second kappa shape index (κ2) is 7.72. The van der Waals surface area contributed by atoms with Gasteiger partial charge in [-0.3, -0.25) is 4.79 Å². The molecule has 152 valence electrons. The zero-order valence-corrected chi connectivity index (χ0v) is 18.2. The summed E-state index contributed by atoms with van der Waals surface area (Å²) in [7, 11) is 0. The van der Waals surface area contributed by atoms with Crippen LogP contribution in [0.25, 0.3) is 22.4 Å². The number of hydrogen-bond donors (Lipinski definition) is 1. The van der Waals surface area contributed by atoms with Crippen molar-refractivity contribution in [3.8, 4) is 11.5 Å². The van der Waals surface area contributed by atoms with Crippen molar-refractivity contribution in [2.45, 2.75) is 32.7 Å². The summed E-state index contributed by atoms with van der Waals surface area (Å²) in [4.78, 5) is 18.3. The Morgan fingerprint density at radius 1 is 1.20 bits per heavy atom. The van der Waals surface area contributed by atoms with Crippen molar-refractivity contribution in [3.63, 3.8) is 0 Å². The summed E-state index contributed by atoms with van der Waals surface area (Å²) in [6.07, 6.45) is 1.64. The number of carbonyl (C=O) groups excluding carboxylic acids is 1. The molecule has 0 saturated heterocycles. The van der Waals surface area contributed by atoms with Crippen molar-refractivity contribution in [3.05, 3.63) is 69.6 Å². The van der Waals surface area contributed by atoms with Crippen LogP contribution in [0.3, 0.4) is 0 Å². The molecule has 2 aromatic carbocycles. The van der Waals surface area contributed by atoms with Crippen LogP contribution < -0.4 is 0 Å². The van der Waals surface area contributed by atoms with Crippen LogP contribution in [-0.4, -0.2) is 32.5 Å². The molecule has 0 aliphatic carbocycles. The van der Waals surface area contributed by atoms with Crippen molar-refractivity contribution in [1.29, 1.82) is 0 Å². The van der Waals surface area contributed by atoms with E-state index in [0.29, 0.717) is 37.7 Å². The Kier molecular flexibility index (Phi) is 4.90. The third-order valence-corrected chi connectivity index (χ3v) is 6.29. The van der Waals surface area contributed by atoms with Gasteiger partial charge < -0.3 is 14.3 Å². The van der Waals surface area contributed by atoms with Gasteiger partial charge in [-0.15, -0.1) is 10.2 Å². The monoisotopic (exact) mass is 464 g/mol. The lowest BCUT2D eigenvalue weighted by atomic mass is 10.0. The number of aryl methyl sites for hydroxylation is 2. The van der Waals surface area contributed by atoms with Crippen molar-refractivity contribution >= 4 is 32.7 Å². The van der Waals surface area contributed by atoms with Crippen LogP contribution in [0.5, 0.6) is 0 Å². The van der Waals surface area contributed by atoms with Gasteiger partial charge >= 0.3 is 0 Å². The van der Waals surface area contributed by atoms with E-state index in [-0.39, 0.29) is 5.91 Å². The van der Waals surface area contributed by atoms with Crippen molar-refractivity contribution < 1.29 is 9.21 Å². The number of hydrogen-bond acceptors (Lipinski definition) is 4. The fourth-order valence-electron chi connectivity index (χ4n) is 3.95. The van der Waals surface area contributed by atoms with Gasteiger partial charge in [0.15, 0.2) is 0 Å². The molecule has 0 unspecified atom stereocenters. The van der Waals surface area contributed by atoms with Gasteiger partial charge in [-0.1, -0.05) is 29.8 Å². The summed E-state index contributed by atoms with van der Waals surface area (Å²) in [5, 5.41) is 9.41. The first-order valence-corrected chi connectivity index (χ1v) is 10.8. The predicted molar refractivity (Wildman–Crippen MR) is 118 cm³/mol. The minimum absolute atomic E-state index is 0.111. The van der Waals surface area contributed by atoms with E-state index in [2.05, 4.69) is 37.2 Å². The number of nitrogens with one attached hydrogen (secondary N) is 1. The fourth-order valence-corrected chi connectivity index (χ4v) is 4.42. The third kappa shape index (κ3) is 3.54. The number of halogens is 1. The molecular formula is C23H21BrN4O2. The van der Waals surface area contributed by atoms with Crippen molar-refractivity contribution in [1.82, 2.24) is 20.1 Å². The lowest BCUT2D eigenvalue weighted by molar-refractivity contribution is -0.132. The van der Waals surface area contributed by atoms with Gasteiger partial charge in [0.1, 0.15) is 0 Å². The van der Waals surface area contributed by atoms with E-state index in [1.54, 1.807) is 0 Å². The zero-order chi connectivity index (χ0) is 20.7. The summed E-state index contributed by atoms with van der Waals surface area (Å²) in [6, 6.07) is 14.1. The topological polar surface area (TPSA) is 75.0 Å². The Bertz CT molecular complexity index is 1230. The summed E-state index contributed by atoms with van der Waals surface area (Å²) < 4.78 is 6.81. The van der Waals surface area contributed by atoms with Crippen LogP contribution >= 0.6 is 15.9 Å². The number of rotatable bonds is 4. The summed E-state index contributed by atoms with van der Waals surface area (Å²) in [6.45, 7) is 3.38. The van der Waals surface area contributed by atoms with Crippen LogP contribution in [0, 0.1) is 6.92 Å². The molecule has 3 heterocycles. The average Bonchev–Trinajstić information content (AvgIpc) is 3.38. The van der Waals surface area contributed by atoms with E-state index >= 15 is 0 Å². The molecule has 7 heteroatoms. The van der Waals surface area contributed by atoms with E-state index in [4.69, 9.17) is 4.42 Å². The van der Waals surface area contributed by atoms with Crippen molar-refractivity contribution in [2.24, 2.45) is 0 Å². The average molecular weight is 465 g/mol. The lowest BCUT2D eigenvalue weighted by Gasteiger charge is -2.27. The smallest absolute Gasteiger partial charge is 0.247 e. The predicted octanol–water partition coefficient (Wildman–Crippen LogP) is 4.81. The lowest BCUT2D eigenvalue weighted by Crippen LogP contribution is -2.35. The molecule has 2 aromatic heterocycles. The highest BCUT2D eigenvalue weighted by Crippen LogP contribution is 2.32. The van der Waals surface area contributed by atoms with E-state index in [0.717, 1.165) is 22.0 Å². The molecule has 6 nitrogen and oxygen atoms in total. The number of aromatic nitrogens is 3. The van der Waals surface area contributed by atoms with Gasteiger partial charge in [-0.2, -0.15) is 0 Å². The quantitative estimate of drug-likeness (QED) is 0.470. The molecule has 4 aromatic rings. The maximum atomic E-state index is 12.8. The molecule has 30 heavy (non-hydrogen) atoms. The largest absolute Gasteiger partial charge is 0.421 e. The van der Waals surface area contributed by atoms with Gasteiger partial charge in [-0.25, -0.2) is 0 Å². The molecule has 0 radical (unpaired) electrons. The maximum Gasteiger partial charge on any atom is 0.247 e. The molecule has 1 aliphatic heterocycles. The highest BCUT2D eigenvalue weighted by Gasteiger charge is 2.24. The summed E-state index contributed by atoms with van der Waals surface area (Å²) in [5.74, 6) is 1.09. The number of amides is 1. The van der Waals surface area contributed by atoms with Gasteiger partial charge in [0, 0.05) is 59.0 Å². The van der Waals surface area contributed by atoms with Gasteiger partial charge in [-0.05, 0) is 41.1 Å². The molecule has 0 fully saturated rings. The molecular weight excluding hydrogens is 444 g/mol. The molecule has 5 rings (SSSR count). The van der Waals surface area contributed by atoms with E-state index < -0.39 is 0 Å². The van der Waals surface area contributed by atoms with Crippen molar-refractivity contribution in [2.75, 3.05) is 6.54 Å². The van der Waals surface area contributed by atoms with E-state index in [1.807, 2.05) is 48.2 Å². The third-order valence-electron chi connectivity index (χ3n) is 5.63. The van der Waals surface area contributed by atoms with Crippen LogP contribution in [-0.2, 0) is 24.2 Å². The SMILES string of the molecule is Cc1ccc(-c2nnc(CCC(=O)N3CCc4[nH]c5c(Br)cccc5c4C3)o2)cc1. The number of fused-ring (bicyclic) bond motifs is 3. The minimum atomic E-state index is 0.111. The second-order valence-electron chi connectivity index (χ2n) is 7.68. The molecule has 0 saturated carbocycles. The fraction of sp³-hybridized carbons (Fsp3) is 0.261. The van der Waals surface area contributed by atoms with E-state index in [1.165, 1.54) is 22.2 Å². The molecule has 1 aliphatic rings. The Balaban J connectivity index is 1.25. The minimum Gasteiger partial charge on any atom is -0.421 e. The van der Waals surface area contributed by atoms with Crippen LogP contribution in [0.15, 0.2) is 51.4 Å². The van der Waals surface area contributed by atoms with E-state index in [9.17, 15) is 4.79 Å². The molecule has 0 atom stereocenters. The zero-order valence-electron chi connectivity index (χ0n) is 16.6. The molecule has 0 spiro atoms. The van der Waals surface area contributed by atoms with Crippen LogP contribution in [0.4, 0.5) is 0 Å². The number of carbonyl (C=O) groups is 1. The molecule has 0 bridgehead atoms. The van der Waals surface area contributed by atoms with Gasteiger partial charge in [0.05, 0.1) is 5.52 Å². The summed E-state index contributed by atoms with van der Waals surface area (Å²) >= 11 is 3.61. The first-order valence-electron chi connectivity index (χ1n) is 10.0. The van der Waals surface area contributed by atoms with Gasteiger partial charge in [0.2, 0.25) is 17.7 Å². The summed E-state index contributed by atoms with van der Waals surface area (Å²) in [5.41, 5.74) is 5.60. The highest BCUT2D eigenvalue weighted by molar-refractivity contribution is 9.10. The number of para-hydroxylation sites is 1.